The van der Waals surface area contributed by atoms with E-state index in [1.165, 1.54) is 5.75 Å². The average Bonchev–Trinajstić information content (AvgIpc) is 2.29. The van der Waals surface area contributed by atoms with Crippen LogP contribution >= 0.6 is 35.9 Å². The van der Waals surface area contributed by atoms with Crippen molar-refractivity contribution in [1.29, 1.82) is 0 Å². The highest BCUT2D eigenvalue weighted by molar-refractivity contribution is 8.07. The summed E-state index contributed by atoms with van der Waals surface area (Å²) < 4.78 is 0. The number of likely N-dealkylation sites (tertiary alicyclic amines) is 1. The number of carbonyl (C=O) groups is 1. The van der Waals surface area contributed by atoms with Crippen molar-refractivity contribution in [2.24, 2.45) is 5.73 Å². The van der Waals surface area contributed by atoms with Gasteiger partial charge in [0.1, 0.15) is 0 Å². The quantitative estimate of drug-likeness (QED) is 0.785. The molecule has 16 heavy (non-hydrogen) atoms. The fourth-order valence-electron chi connectivity index (χ4n) is 2.04. The summed E-state index contributed by atoms with van der Waals surface area (Å²) in [6.45, 7) is 1.68. The fraction of sp³-hybridized carbons (Fsp3) is 0.900. The van der Waals surface area contributed by atoms with Gasteiger partial charge in [-0.25, -0.2) is 0 Å². The highest BCUT2D eigenvalue weighted by Gasteiger charge is 2.29. The molecular formula is C10H19ClN2OS2. The zero-order valence-corrected chi connectivity index (χ0v) is 11.7. The van der Waals surface area contributed by atoms with Crippen molar-refractivity contribution in [2.75, 3.05) is 30.3 Å². The van der Waals surface area contributed by atoms with E-state index in [1.54, 1.807) is 0 Å². The number of hydrogen-bond donors (Lipinski definition) is 1. The molecule has 2 N–H and O–H groups in total. The van der Waals surface area contributed by atoms with Gasteiger partial charge < -0.3 is 10.6 Å². The van der Waals surface area contributed by atoms with Crippen molar-refractivity contribution >= 4 is 41.8 Å². The minimum Gasteiger partial charge on any atom is -0.340 e. The summed E-state index contributed by atoms with van der Waals surface area (Å²) >= 11 is 3.71. The summed E-state index contributed by atoms with van der Waals surface area (Å²) in [4.78, 5) is 14.1. The molecule has 2 rings (SSSR count). The fourth-order valence-corrected chi connectivity index (χ4v) is 4.67. The van der Waals surface area contributed by atoms with E-state index < -0.39 is 0 Å². The van der Waals surface area contributed by atoms with E-state index in [2.05, 4.69) is 0 Å². The molecule has 2 aliphatic heterocycles. The molecule has 0 aromatic heterocycles. The molecule has 2 atom stereocenters. The predicted molar refractivity (Wildman–Crippen MR) is 74.6 cm³/mol. The van der Waals surface area contributed by atoms with Crippen LogP contribution in [0.15, 0.2) is 0 Å². The number of piperidine rings is 1. The molecule has 2 unspecified atom stereocenters. The van der Waals surface area contributed by atoms with Gasteiger partial charge in [0, 0.05) is 36.4 Å². The van der Waals surface area contributed by atoms with E-state index in [4.69, 9.17) is 5.73 Å². The third-order valence-corrected chi connectivity index (χ3v) is 5.60. The molecule has 0 bridgehead atoms. The van der Waals surface area contributed by atoms with Gasteiger partial charge in [-0.2, -0.15) is 11.8 Å². The standard InChI is InChI=1S/C10H18N2OS2.ClH/c11-8-2-1-3-12(6-8)10(13)9-7-14-4-5-15-9;/h8-9H,1-7,11H2;1H. The summed E-state index contributed by atoms with van der Waals surface area (Å²) in [5.74, 6) is 3.60. The third kappa shape index (κ3) is 3.72. The molecule has 0 aromatic rings. The SMILES string of the molecule is Cl.NC1CCCN(C(=O)C2CSCCS2)C1. The molecule has 0 aromatic carbocycles. The van der Waals surface area contributed by atoms with E-state index in [1.807, 2.05) is 28.4 Å². The first-order valence-electron chi connectivity index (χ1n) is 5.51. The van der Waals surface area contributed by atoms with E-state index in [9.17, 15) is 4.79 Å². The van der Waals surface area contributed by atoms with Crippen LogP contribution in [-0.4, -0.2) is 52.4 Å². The molecule has 2 saturated heterocycles. The second-order valence-electron chi connectivity index (χ2n) is 4.12. The van der Waals surface area contributed by atoms with Crippen LogP contribution < -0.4 is 5.73 Å². The van der Waals surface area contributed by atoms with Crippen molar-refractivity contribution in [1.82, 2.24) is 4.90 Å². The first kappa shape index (κ1) is 14.5. The number of amides is 1. The van der Waals surface area contributed by atoms with Gasteiger partial charge in [0.2, 0.25) is 5.91 Å². The second-order valence-corrected chi connectivity index (χ2v) is 6.58. The summed E-state index contributed by atoms with van der Waals surface area (Å²) in [6.07, 6.45) is 2.13. The molecule has 1 amide bonds. The highest BCUT2D eigenvalue weighted by atomic mass is 35.5. The van der Waals surface area contributed by atoms with Gasteiger partial charge >= 0.3 is 0 Å². The molecule has 3 nitrogen and oxygen atoms in total. The first-order valence-corrected chi connectivity index (χ1v) is 7.71. The monoisotopic (exact) mass is 282 g/mol. The van der Waals surface area contributed by atoms with Gasteiger partial charge in [-0.05, 0) is 12.8 Å². The van der Waals surface area contributed by atoms with Gasteiger partial charge in [-0.1, -0.05) is 0 Å². The molecule has 0 spiro atoms. The van der Waals surface area contributed by atoms with Crippen LogP contribution in [0, 0.1) is 0 Å². The Labute approximate surface area is 112 Å². The molecule has 2 fully saturated rings. The molecule has 0 aliphatic carbocycles. The molecule has 0 saturated carbocycles. The average molecular weight is 283 g/mol. The van der Waals surface area contributed by atoms with Gasteiger partial charge in [-0.3, -0.25) is 4.79 Å². The zero-order chi connectivity index (χ0) is 10.7. The van der Waals surface area contributed by atoms with E-state index in [0.29, 0.717) is 5.91 Å². The predicted octanol–water partition coefficient (Wildman–Crippen LogP) is 1.21. The Morgan fingerprint density at radius 3 is 2.81 bits per heavy atom. The van der Waals surface area contributed by atoms with Gasteiger partial charge in [0.05, 0.1) is 5.25 Å². The summed E-state index contributed by atoms with van der Waals surface area (Å²) in [7, 11) is 0. The lowest BCUT2D eigenvalue weighted by molar-refractivity contribution is -0.131. The summed E-state index contributed by atoms with van der Waals surface area (Å²) in [6, 6.07) is 0.198. The summed E-state index contributed by atoms with van der Waals surface area (Å²) in [5, 5.41) is 0.189. The van der Waals surface area contributed by atoms with Crippen LogP contribution in [-0.2, 0) is 4.79 Å². The Bertz CT molecular complexity index is 237. The maximum Gasteiger partial charge on any atom is 0.236 e. The van der Waals surface area contributed by atoms with Crippen molar-refractivity contribution < 1.29 is 4.79 Å². The molecule has 94 valence electrons. The first-order chi connectivity index (χ1) is 7.27. The smallest absolute Gasteiger partial charge is 0.236 e. The van der Waals surface area contributed by atoms with Gasteiger partial charge in [-0.15, -0.1) is 24.2 Å². The Hall–Kier alpha value is 0.420. The minimum absolute atomic E-state index is 0. The molecular weight excluding hydrogens is 264 g/mol. The van der Waals surface area contributed by atoms with Crippen molar-refractivity contribution in [3.05, 3.63) is 0 Å². The van der Waals surface area contributed by atoms with E-state index in [0.717, 1.165) is 37.4 Å². The number of rotatable bonds is 1. The lowest BCUT2D eigenvalue weighted by Crippen LogP contribution is -2.49. The Balaban J connectivity index is 0.00000128. The zero-order valence-electron chi connectivity index (χ0n) is 9.26. The number of nitrogens with two attached hydrogens (primary N) is 1. The van der Waals surface area contributed by atoms with Crippen LogP contribution in [0.25, 0.3) is 0 Å². The van der Waals surface area contributed by atoms with Crippen molar-refractivity contribution in [3.8, 4) is 0 Å². The normalized spacial score (nSPS) is 30.7. The maximum atomic E-state index is 12.1. The lowest BCUT2D eigenvalue weighted by atomic mass is 10.1. The van der Waals surface area contributed by atoms with Crippen LogP contribution in [0.5, 0.6) is 0 Å². The van der Waals surface area contributed by atoms with Crippen LogP contribution in [0.2, 0.25) is 0 Å². The van der Waals surface area contributed by atoms with Crippen molar-refractivity contribution in [2.45, 2.75) is 24.1 Å². The Morgan fingerprint density at radius 1 is 1.38 bits per heavy atom. The van der Waals surface area contributed by atoms with Gasteiger partial charge in [0.25, 0.3) is 0 Å². The minimum atomic E-state index is 0. The number of halogens is 1. The number of carbonyl (C=O) groups excluding carboxylic acids is 1. The summed E-state index contributed by atoms with van der Waals surface area (Å²) in [5.41, 5.74) is 5.89. The maximum absolute atomic E-state index is 12.1. The second kappa shape index (κ2) is 6.99. The number of nitrogens with zero attached hydrogens (tertiary/aromatic N) is 1. The third-order valence-electron chi connectivity index (χ3n) is 2.86. The van der Waals surface area contributed by atoms with E-state index >= 15 is 0 Å². The topological polar surface area (TPSA) is 46.3 Å². The van der Waals surface area contributed by atoms with Crippen LogP contribution in [0.3, 0.4) is 0 Å². The molecule has 6 heteroatoms. The number of hydrogen-bond acceptors (Lipinski definition) is 4. The molecule has 0 radical (unpaired) electrons. The number of thioether (sulfide) groups is 2. The Morgan fingerprint density at radius 2 is 2.19 bits per heavy atom. The van der Waals surface area contributed by atoms with Crippen LogP contribution in [0.4, 0.5) is 0 Å². The lowest BCUT2D eigenvalue weighted by Gasteiger charge is -2.34. The largest absolute Gasteiger partial charge is 0.340 e. The molecule has 2 aliphatic rings. The van der Waals surface area contributed by atoms with Crippen LogP contribution in [0.1, 0.15) is 12.8 Å². The highest BCUT2D eigenvalue weighted by Crippen LogP contribution is 2.26. The Kier molecular flexibility index (Phi) is 6.32. The van der Waals surface area contributed by atoms with Gasteiger partial charge in [0.15, 0.2) is 0 Å². The van der Waals surface area contributed by atoms with Crippen molar-refractivity contribution in [3.63, 3.8) is 0 Å². The molecule has 2 heterocycles. The van der Waals surface area contributed by atoms with E-state index in [-0.39, 0.29) is 23.7 Å².